The highest BCUT2D eigenvalue weighted by atomic mass is 19.1. The van der Waals surface area contributed by atoms with Crippen molar-refractivity contribution in [1.82, 2.24) is 5.32 Å². The first-order chi connectivity index (χ1) is 8.54. The number of halogens is 2. The third-order valence-electron chi connectivity index (χ3n) is 3.38. The highest BCUT2D eigenvalue weighted by Crippen LogP contribution is 2.31. The summed E-state index contributed by atoms with van der Waals surface area (Å²) < 4.78 is 26.1. The first kappa shape index (κ1) is 13.0. The molecule has 0 unspecified atom stereocenters. The van der Waals surface area contributed by atoms with Gasteiger partial charge in [-0.3, -0.25) is 4.79 Å². The number of nitrogens with one attached hydrogen (secondary N) is 1. The van der Waals surface area contributed by atoms with Gasteiger partial charge in [-0.1, -0.05) is 6.07 Å². The fourth-order valence-corrected chi connectivity index (χ4v) is 2.10. The van der Waals surface area contributed by atoms with Crippen molar-refractivity contribution >= 4 is 5.91 Å². The molecule has 3 nitrogen and oxygen atoms in total. The summed E-state index contributed by atoms with van der Waals surface area (Å²) in [5, 5.41) is 11.9. The van der Waals surface area contributed by atoms with Crippen LogP contribution in [0.3, 0.4) is 0 Å². The number of rotatable bonds is 4. The summed E-state index contributed by atoms with van der Waals surface area (Å²) in [4.78, 5) is 11.7. The molecule has 1 amide bonds. The van der Waals surface area contributed by atoms with Crippen LogP contribution in [0.25, 0.3) is 0 Å². The van der Waals surface area contributed by atoms with Crippen molar-refractivity contribution in [2.45, 2.75) is 31.2 Å². The molecule has 1 aliphatic rings. The molecule has 0 heterocycles. The molecule has 5 heteroatoms. The molecule has 1 aromatic carbocycles. The lowest BCUT2D eigenvalue weighted by molar-refractivity contribution is -0.124. The van der Waals surface area contributed by atoms with E-state index in [4.69, 9.17) is 0 Å². The van der Waals surface area contributed by atoms with Crippen LogP contribution in [0.2, 0.25) is 0 Å². The Hall–Kier alpha value is -1.49. The normalized spacial score (nSPS) is 17.1. The Labute approximate surface area is 104 Å². The largest absolute Gasteiger partial charge is 0.394 e. The van der Waals surface area contributed by atoms with Gasteiger partial charge in [0.2, 0.25) is 5.91 Å². The van der Waals surface area contributed by atoms with E-state index in [1.165, 1.54) is 6.07 Å². The molecule has 1 aromatic rings. The van der Waals surface area contributed by atoms with Gasteiger partial charge in [0.25, 0.3) is 0 Å². The standard InChI is InChI=1S/C13H15F2NO2/c14-10-3-2-9(11(15)7-10)6-12(18)16-13(8-17)4-1-5-13/h2-3,7,17H,1,4-6,8H2,(H,16,18). The fraction of sp³-hybridized carbons (Fsp3) is 0.462. The van der Waals surface area contributed by atoms with Gasteiger partial charge in [-0.15, -0.1) is 0 Å². The summed E-state index contributed by atoms with van der Waals surface area (Å²) >= 11 is 0. The number of aliphatic hydroxyl groups excluding tert-OH is 1. The van der Waals surface area contributed by atoms with E-state index in [-0.39, 0.29) is 24.5 Å². The molecule has 0 bridgehead atoms. The van der Waals surface area contributed by atoms with Gasteiger partial charge in [-0.2, -0.15) is 0 Å². The molecule has 2 N–H and O–H groups in total. The van der Waals surface area contributed by atoms with Gasteiger partial charge in [0.1, 0.15) is 11.6 Å². The van der Waals surface area contributed by atoms with Crippen molar-refractivity contribution in [3.05, 3.63) is 35.4 Å². The Bertz CT molecular complexity index is 453. The molecular weight excluding hydrogens is 240 g/mol. The number of amides is 1. The molecule has 98 valence electrons. The van der Waals surface area contributed by atoms with Crippen molar-refractivity contribution in [2.75, 3.05) is 6.61 Å². The van der Waals surface area contributed by atoms with E-state index in [0.717, 1.165) is 31.4 Å². The lowest BCUT2D eigenvalue weighted by Gasteiger charge is -2.41. The van der Waals surface area contributed by atoms with Crippen LogP contribution in [0.1, 0.15) is 24.8 Å². The molecule has 0 aromatic heterocycles. The van der Waals surface area contributed by atoms with Crippen LogP contribution in [0.4, 0.5) is 8.78 Å². The Balaban J connectivity index is 1.98. The van der Waals surface area contributed by atoms with Crippen molar-refractivity contribution < 1.29 is 18.7 Å². The molecule has 2 rings (SSSR count). The van der Waals surface area contributed by atoms with Gasteiger partial charge in [-0.05, 0) is 30.9 Å². The molecule has 0 radical (unpaired) electrons. The van der Waals surface area contributed by atoms with Crippen molar-refractivity contribution in [3.8, 4) is 0 Å². The minimum Gasteiger partial charge on any atom is -0.394 e. The maximum Gasteiger partial charge on any atom is 0.225 e. The minimum absolute atomic E-state index is 0.107. The van der Waals surface area contributed by atoms with Gasteiger partial charge in [0.15, 0.2) is 0 Å². The van der Waals surface area contributed by atoms with Gasteiger partial charge in [0.05, 0.1) is 18.6 Å². The lowest BCUT2D eigenvalue weighted by atomic mass is 9.77. The molecule has 0 spiro atoms. The van der Waals surface area contributed by atoms with Crippen LogP contribution in [0.15, 0.2) is 18.2 Å². The summed E-state index contributed by atoms with van der Waals surface area (Å²) in [6.07, 6.45) is 2.29. The first-order valence-electron chi connectivity index (χ1n) is 5.90. The lowest BCUT2D eigenvalue weighted by Crippen LogP contribution is -2.56. The summed E-state index contributed by atoms with van der Waals surface area (Å²) in [6.45, 7) is -0.107. The average Bonchev–Trinajstić information content (AvgIpc) is 2.27. The van der Waals surface area contributed by atoms with E-state index in [9.17, 15) is 18.7 Å². The van der Waals surface area contributed by atoms with Gasteiger partial charge in [0, 0.05) is 6.07 Å². The van der Waals surface area contributed by atoms with E-state index in [1.807, 2.05) is 0 Å². The number of hydrogen-bond acceptors (Lipinski definition) is 2. The quantitative estimate of drug-likeness (QED) is 0.857. The zero-order chi connectivity index (χ0) is 13.2. The van der Waals surface area contributed by atoms with Crippen molar-refractivity contribution in [1.29, 1.82) is 0 Å². The molecule has 0 saturated heterocycles. The summed E-state index contributed by atoms with van der Waals surface area (Å²) in [6, 6.07) is 3.14. The Morgan fingerprint density at radius 1 is 1.39 bits per heavy atom. The average molecular weight is 255 g/mol. The fourth-order valence-electron chi connectivity index (χ4n) is 2.10. The van der Waals surface area contributed by atoms with E-state index in [2.05, 4.69) is 5.32 Å². The van der Waals surface area contributed by atoms with Gasteiger partial charge in [-0.25, -0.2) is 8.78 Å². The highest BCUT2D eigenvalue weighted by Gasteiger charge is 2.37. The summed E-state index contributed by atoms with van der Waals surface area (Å²) in [5.41, 5.74) is -0.380. The number of hydrogen-bond donors (Lipinski definition) is 2. The SMILES string of the molecule is O=C(Cc1ccc(F)cc1F)NC1(CO)CCC1. The Morgan fingerprint density at radius 2 is 2.11 bits per heavy atom. The van der Waals surface area contributed by atoms with Gasteiger partial charge >= 0.3 is 0 Å². The van der Waals surface area contributed by atoms with E-state index in [1.54, 1.807) is 0 Å². The Kier molecular flexibility index (Phi) is 3.61. The van der Waals surface area contributed by atoms with Crippen LogP contribution < -0.4 is 5.32 Å². The second kappa shape index (κ2) is 5.02. The molecular formula is C13H15F2NO2. The summed E-state index contributed by atoms with van der Waals surface area (Å²) in [5.74, 6) is -1.74. The topological polar surface area (TPSA) is 49.3 Å². The maximum atomic E-state index is 13.4. The molecule has 1 aliphatic carbocycles. The zero-order valence-corrected chi connectivity index (χ0v) is 9.88. The van der Waals surface area contributed by atoms with Crippen molar-refractivity contribution in [3.63, 3.8) is 0 Å². The van der Waals surface area contributed by atoms with Gasteiger partial charge < -0.3 is 10.4 Å². The van der Waals surface area contributed by atoms with Crippen LogP contribution in [-0.4, -0.2) is 23.2 Å². The summed E-state index contributed by atoms with van der Waals surface area (Å²) in [7, 11) is 0. The second-order valence-corrected chi connectivity index (χ2v) is 4.75. The van der Waals surface area contributed by atoms with Crippen molar-refractivity contribution in [2.24, 2.45) is 0 Å². The zero-order valence-electron chi connectivity index (χ0n) is 9.88. The molecule has 1 fully saturated rings. The molecule has 1 saturated carbocycles. The number of aliphatic hydroxyl groups is 1. The first-order valence-corrected chi connectivity index (χ1v) is 5.90. The molecule has 0 atom stereocenters. The third-order valence-corrected chi connectivity index (χ3v) is 3.38. The number of carbonyl (C=O) groups excluding carboxylic acids is 1. The third kappa shape index (κ3) is 2.67. The van der Waals surface area contributed by atoms with E-state index in [0.29, 0.717) is 0 Å². The second-order valence-electron chi connectivity index (χ2n) is 4.75. The predicted molar refractivity (Wildman–Crippen MR) is 61.9 cm³/mol. The van der Waals surface area contributed by atoms with E-state index < -0.39 is 17.2 Å². The highest BCUT2D eigenvalue weighted by molar-refractivity contribution is 5.79. The number of carbonyl (C=O) groups is 1. The Morgan fingerprint density at radius 3 is 2.61 bits per heavy atom. The van der Waals surface area contributed by atoms with E-state index >= 15 is 0 Å². The molecule has 18 heavy (non-hydrogen) atoms. The maximum absolute atomic E-state index is 13.4. The number of benzene rings is 1. The monoisotopic (exact) mass is 255 g/mol. The smallest absolute Gasteiger partial charge is 0.225 e. The molecule has 0 aliphatic heterocycles. The van der Waals surface area contributed by atoms with Crippen LogP contribution in [-0.2, 0) is 11.2 Å². The minimum atomic E-state index is -0.725. The van der Waals surface area contributed by atoms with Crippen LogP contribution >= 0.6 is 0 Å². The predicted octanol–water partition coefficient (Wildman–Crippen LogP) is 1.54. The van der Waals surface area contributed by atoms with Crippen LogP contribution in [0.5, 0.6) is 0 Å². The van der Waals surface area contributed by atoms with Crippen LogP contribution in [0, 0.1) is 11.6 Å².